The molecule has 19 heavy (non-hydrogen) atoms. The van der Waals surface area contributed by atoms with Crippen molar-refractivity contribution in [2.45, 2.75) is 13.3 Å². The number of hydrogen-bond acceptors (Lipinski definition) is 3. The fourth-order valence-corrected chi connectivity index (χ4v) is 2.43. The Labute approximate surface area is 115 Å². The van der Waals surface area contributed by atoms with Gasteiger partial charge < -0.3 is 5.11 Å². The number of carbonyl (C=O) groups excluding carboxylic acids is 1. The van der Waals surface area contributed by atoms with Gasteiger partial charge in [-0.25, -0.2) is 0 Å². The average Bonchev–Trinajstić information content (AvgIpc) is 2.92. The molecule has 98 valence electrons. The Bertz CT molecular complexity index is 570. The maximum absolute atomic E-state index is 11.9. The van der Waals surface area contributed by atoms with Crippen molar-refractivity contribution >= 4 is 23.1 Å². The minimum atomic E-state index is -0.941. The molecule has 0 aliphatic rings. The molecule has 1 heterocycles. The molecule has 2 rings (SSSR count). The van der Waals surface area contributed by atoms with E-state index in [1.807, 2.05) is 29.0 Å². The standard InChI is InChI=1S/C15H14O3S/c1-10(15(17)18)8-14(16)12-4-2-11(3-5-12)13-6-7-19-9-13/h2-7,9-10H,8H2,1H3,(H,17,18). The number of hydrogen-bond donors (Lipinski definition) is 1. The summed E-state index contributed by atoms with van der Waals surface area (Å²) < 4.78 is 0. The number of carboxylic acids is 1. The quantitative estimate of drug-likeness (QED) is 0.846. The number of carbonyl (C=O) groups is 2. The first kappa shape index (κ1) is 13.5. The molecular weight excluding hydrogens is 260 g/mol. The summed E-state index contributed by atoms with van der Waals surface area (Å²) in [5.74, 6) is -1.72. The molecule has 0 saturated heterocycles. The van der Waals surface area contributed by atoms with Crippen LogP contribution in [-0.2, 0) is 4.79 Å². The zero-order valence-electron chi connectivity index (χ0n) is 10.5. The third-order valence-electron chi connectivity index (χ3n) is 2.97. The summed E-state index contributed by atoms with van der Waals surface area (Å²) in [4.78, 5) is 22.6. The topological polar surface area (TPSA) is 54.4 Å². The predicted molar refractivity (Wildman–Crippen MR) is 75.5 cm³/mol. The van der Waals surface area contributed by atoms with Crippen LogP contribution >= 0.6 is 11.3 Å². The van der Waals surface area contributed by atoms with E-state index < -0.39 is 11.9 Å². The highest BCUT2D eigenvalue weighted by Gasteiger charge is 2.16. The minimum absolute atomic E-state index is 0.0349. The van der Waals surface area contributed by atoms with Gasteiger partial charge in [0, 0.05) is 12.0 Å². The van der Waals surface area contributed by atoms with Crippen LogP contribution in [0.4, 0.5) is 0 Å². The summed E-state index contributed by atoms with van der Waals surface area (Å²) in [6, 6.07) is 9.31. The zero-order chi connectivity index (χ0) is 13.8. The average molecular weight is 274 g/mol. The molecule has 0 bridgehead atoms. The molecule has 0 spiro atoms. The van der Waals surface area contributed by atoms with Gasteiger partial charge in [-0.1, -0.05) is 31.2 Å². The molecule has 1 unspecified atom stereocenters. The number of benzene rings is 1. The molecule has 1 N–H and O–H groups in total. The smallest absolute Gasteiger partial charge is 0.306 e. The van der Waals surface area contributed by atoms with E-state index in [9.17, 15) is 9.59 Å². The number of Topliss-reactive ketones (excluding diaryl/α,β-unsaturated/α-hetero) is 1. The van der Waals surface area contributed by atoms with E-state index in [0.29, 0.717) is 5.56 Å². The lowest BCUT2D eigenvalue weighted by atomic mass is 9.98. The summed E-state index contributed by atoms with van der Waals surface area (Å²) in [6.07, 6.45) is 0.0349. The number of aliphatic carboxylic acids is 1. The Kier molecular flexibility index (Phi) is 4.12. The van der Waals surface area contributed by atoms with Crippen LogP contribution in [0.2, 0.25) is 0 Å². The van der Waals surface area contributed by atoms with Crippen molar-refractivity contribution in [1.29, 1.82) is 0 Å². The molecule has 0 saturated carbocycles. The second-order valence-electron chi connectivity index (χ2n) is 4.46. The Morgan fingerprint density at radius 2 is 1.84 bits per heavy atom. The van der Waals surface area contributed by atoms with Crippen LogP contribution in [-0.4, -0.2) is 16.9 Å². The first-order valence-corrected chi connectivity index (χ1v) is 6.91. The Hall–Kier alpha value is -1.94. The van der Waals surface area contributed by atoms with Gasteiger partial charge in [0.15, 0.2) is 5.78 Å². The van der Waals surface area contributed by atoms with Crippen LogP contribution in [0.3, 0.4) is 0 Å². The number of rotatable bonds is 5. The van der Waals surface area contributed by atoms with E-state index in [-0.39, 0.29) is 12.2 Å². The monoisotopic (exact) mass is 274 g/mol. The highest BCUT2D eigenvalue weighted by atomic mass is 32.1. The number of thiophene rings is 1. The first-order chi connectivity index (χ1) is 9.08. The summed E-state index contributed by atoms with van der Waals surface area (Å²) in [5.41, 5.74) is 2.75. The first-order valence-electron chi connectivity index (χ1n) is 5.96. The summed E-state index contributed by atoms with van der Waals surface area (Å²) in [5, 5.41) is 12.8. The molecule has 0 aliphatic carbocycles. The van der Waals surface area contributed by atoms with Crippen molar-refractivity contribution in [3.05, 3.63) is 46.7 Å². The van der Waals surface area contributed by atoms with Gasteiger partial charge in [0.25, 0.3) is 0 Å². The van der Waals surface area contributed by atoms with E-state index >= 15 is 0 Å². The fourth-order valence-electron chi connectivity index (χ4n) is 1.76. The number of ketones is 1. The van der Waals surface area contributed by atoms with Crippen LogP contribution in [0.25, 0.3) is 11.1 Å². The Morgan fingerprint density at radius 3 is 2.37 bits per heavy atom. The van der Waals surface area contributed by atoms with Gasteiger partial charge in [-0.3, -0.25) is 9.59 Å². The van der Waals surface area contributed by atoms with Crippen LogP contribution in [0.1, 0.15) is 23.7 Å². The highest BCUT2D eigenvalue weighted by molar-refractivity contribution is 7.08. The normalized spacial score (nSPS) is 12.1. The third-order valence-corrected chi connectivity index (χ3v) is 3.66. The molecule has 0 fully saturated rings. The number of carboxylic acid groups (broad SMARTS) is 1. The van der Waals surface area contributed by atoms with Crippen molar-refractivity contribution in [1.82, 2.24) is 0 Å². The van der Waals surface area contributed by atoms with Crippen molar-refractivity contribution < 1.29 is 14.7 Å². The van der Waals surface area contributed by atoms with Crippen LogP contribution in [0.5, 0.6) is 0 Å². The minimum Gasteiger partial charge on any atom is -0.481 e. The lowest BCUT2D eigenvalue weighted by Crippen LogP contribution is -2.14. The Balaban J connectivity index is 2.10. The van der Waals surface area contributed by atoms with Gasteiger partial charge in [0.05, 0.1) is 5.92 Å². The molecule has 1 aromatic heterocycles. The maximum Gasteiger partial charge on any atom is 0.306 e. The van der Waals surface area contributed by atoms with Crippen LogP contribution in [0, 0.1) is 5.92 Å². The highest BCUT2D eigenvalue weighted by Crippen LogP contribution is 2.23. The molecule has 2 aromatic rings. The molecule has 0 radical (unpaired) electrons. The summed E-state index contributed by atoms with van der Waals surface area (Å²) >= 11 is 1.62. The molecule has 3 nitrogen and oxygen atoms in total. The van der Waals surface area contributed by atoms with Gasteiger partial charge in [0.1, 0.15) is 0 Å². The third kappa shape index (κ3) is 3.29. The van der Waals surface area contributed by atoms with E-state index in [1.54, 1.807) is 30.4 Å². The molecule has 1 aromatic carbocycles. The van der Waals surface area contributed by atoms with Gasteiger partial charge in [-0.2, -0.15) is 11.3 Å². The second-order valence-corrected chi connectivity index (χ2v) is 5.24. The van der Waals surface area contributed by atoms with E-state index in [0.717, 1.165) is 11.1 Å². The van der Waals surface area contributed by atoms with Crippen molar-refractivity contribution in [3.63, 3.8) is 0 Å². The van der Waals surface area contributed by atoms with Gasteiger partial charge in [-0.15, -0.1) is 0 Å². The predicted octanol–water partition coefficient (Wildman–Crippen LogP) is 3.71. The molecular formula is C15H14O3S. The van der Waals surface area contributed by atoms with E-state index in [4.69, 9.17) is 5.11 Å². The lowest BCUT2D eigenvalue weighted by molar-refractivity contribution is -0.141. The molecule has 0 aliphatic heterocycles. The van der Waals surface area contributed by atoms with E-state index in [2.05, 4.69) is 0 Å². The SMILES string of the molecule is CC(CC(=O)c1ccc(-c2ccsc2)cc1)C(=O)O. The maximum atomic E-state index is 11.9. The van der Waals surface area contributed by atoms with Gasteiger partial charge >= 0.3 is 5.97 Å². The van der Waals surface area contributed by atoms with Crippen molar-refractivity contribution in [2.75, 3.05) is 0 Å². The Morgan fingerprint density at radius 1 is 1.16 bits per heavy atom. The molecule has 1 atom stereocenters. The fraction of sp³-hybridized carbons (Fsp3) is 0.200. The van der Waals surface area contributed by atoms with Gasteiger partial charge in [0.2, 0.25) is 0 Å². The lowest BCUT2D eigenvalue weighted by Gasteiger charge is -2.06. The van der Waals surface area contributed by atoms with Crippen molar-refractivity contribution in [3.8, 4) is 11.1 Å². The summed E-state index contributed by atoms with van der Waals surface area (Å²) in [7, 11) is 0. The van der Waals surface area contributed by atoms with E-state index in [1.165, 1.54) is 0 Å². The zero-order valence-corrected chi connectivity index (χ0v) is 11.3. The second kappa shape index (κ2) is 5.80. The largest absolute Gasteiger partial charge is 0.481 e. The molecule has 4 heteroatoms. The summed E-state index contributed by atoms with van der Waals surface area (Å²) in [6.45, 7) is 1.54. The van der Waals surface area contributed by atoms with Crippen molar-refractivity contribution in [2.24, 2.45) is 5.92 Å². The van der Waals surface area contributed by atoms with Crippen LogP contribution in [0.15, 0.2) is 41.1 Å². The molecule has 0 amide bonds. The van der Waals surface area contributed by atoms with Crippen LogP contribution < -0.4 is 0 Å². The van der Waals surface area contributed by atoms with Gasteiger partial charge in [-0.05, 0) is 28.0 Å².